The molecular weight excluding hydrogens is 293 g/mol. The van der Waals surface area contributed by atoms with E-state index in [1.54, 1.807) is 0 Å². The number of alkyl halides is 3. The molecule has 108 valence electrons. The highest BCUT2D eigenvalue weighted by atomic mass is 19.4. The molecule has 0 bridgehead atoms. The summed E-state index contributed by atoms with van der Waals surface area (Å²) in [6.45, 7) is 0. The monoisotopic (exact) mass is 299 g/mol. The van der Waals surface area contributed by atoms with Crippen molar-refractivity contribution in [3.8, 4) is 17.6 Å². The fraction of sp³-hybridized carbons (Fsp3) is 0.0714. The van der Waals surface area contributed by atoms with E-state index in [9.17, 15) is 22.0 Å². The Labute approximate surface area is 116 Å². The lowest BCUT2D eigenvalue weighted by Gasteiger charge is -2.11. The molecule has 21 heavy (non-hydrogen) atoms. The molecule has 0 aliphatic heterocycles. The third kappa shape index (κ3) is 3.28. The van der Waals surface area contributed by atoms with E-state index >= 15 is 0 Å². The van der Waals surface area contributed by atoms with Crippen molar-refractivity contribution in [1.82, 2.24) is 0 Å². The van der Waals surface area contributed by atoms with Gasteiger partial charge >= 0.3 is 6.18 Å². The van der Waals surface area contributed by atoms with E-state index in [1.807, 2.05) is 0 Å². The topological polar surface area (TPSA) is 33.0 Å². The Bertz CT molecular complexity index is 718. The van der Waals surface area contributed by atoms with Gasteiger partial charge in [0.2, 0.25) is 0 Å². The minimum atomic E-state index is -4.69. The van der Waals surface area contributed by atoms with Gasteiger partial charge in [0.05, 0.1) is 17.2 Å². The summed E-state index contributed by atoms with van der Waals surface area (Å²) in [5.41, 5.74) is -1.80. The van der Waals surface area contributed by atoms with Crippen LogP contribution in [0.5, 0.6) is 11.5 Å². The molecule has 2 aromatic carbocycles. The van der Waals surface area contributed by atoms with Crippen LogP contribution in [0.15, 0.2) is 36.4 Å². The maximum absolute atomic E-state index is 13.4. The Balaban J connectivity index is 2.39. The van der Waals surface area contributed by atoms with Crippen LogP contribution < -0.4 is 4.74 Å². The van der Waals surface area contributed by atoms with E-state index < -0.39 is 34.7 Å². The summed E-state index contributed by atoms with van der Waals surface area (Å²) < 4.78 is 69.1. The van der Waals surface area contributed by atoms with Crippen LogP contribution in [0.1, 0.15) is 11.1 Å². The third-order valence-electron chi connectivity index (χ3n) is 2.54. The second-order valence-electron chi connectivity index (χ2n) is 3.99. The summed E-state index contributed by atoms with van der Waals surface area (Å²) >= 11 is 0. The summed E-state index contributed by atoms with van der Waals surface area (Å²) in [5.74, 6) is -2.34. The van der Waals surface area contributed by atoms with Gasteiger partial charge in [-0.25, -0.2) is 8.78 Å². The predicted molar refractivity (Wildman–Crippen MR) is 62.6 cm³/mol. The number of benzene rings is 2. The average Bonchev–Trinajstić information content (AvgIpc) is 2.41. The fourth-order valence-electron chi connectivity index (χ4n) is 1.61. The van der Waals surface area contributed by atoms with Gasteiger partial charge in [-0.1, -0.05) is 0 Å². The van der Waals surface area contributed by atoms with Crippen LogP contribution in [0.3, 0.4) is 0 Å². The van der Waals surface area contributed by atoms with Crippen molar-refractivity contribution < 1.29 is 26.7 Å². The van der Waals surface area contributed by atoms with Crippen LogP contribution in [-0.2, 0) is 6.18 Å². The molecule has 0 radical (unpaired) electrons. The molecule has 2 rings (SSSR count). The molecule has 0 aliphatic carbocycles. The third-order valence-corrected chi connectivity index (χ3v) is 2.54. The van der Waals surface area contributed by atoms with E-state index in [0.717, 1.165) is 30.3 Å². The maximum Gasteiger partial charge on any atom is 0.417 e. The molecule has 0 N–H and O–H groups in total. The van der Waals surface area contributed by atoms with Crippen molar-refractivity contribution in [3.05, 3.63) is 59.2 Å². The summed E-state index contributed by atoms with van der Waals surface area (Å²) in [4.78, 5) is 0. The van der Waals surface area contributed by atoms with Crippen LogP contribution in [0.4, 0.5) is 22.0 Å². The molecular formula is C14H6F5NO. The Hall–Kier alpha value is -2.62. The van der Waals surface area contributed by atoms with Crippen LogP contribution in [0, 0.1) is 23.0 Å². The van der Waals surface area contributed by atoms with E-state index in [1.165, 1.54) is 6.07 Å². The van der Waals surface area contributed by atoms with Gasteiger partial charge in [-0.15, -0.1) is 0 Å². The molecule has 0 aromatic heterocycles. The molecule has 0 unspecified atom stereocenters. The predicted octanol–water partition coefficient (Wildman–Crippen LogP) is 4.65. The van der Waals surface area contributed by atoms with Gasteiger partial charge in [0.15, 0.2) is 11.6 Å². The number of rotatable bonds is 2. The van der Waals surface area contributed by atoms with Crippen LogP contribution >= 0.6 is 0 Å². The number of halogens is 5. The first-order valence-corrected chi connectivity index (χ1v) is 5.55. The quantitative estimate of drug-likeness (QED) is 0.756. The number of ether oxygens (including phenoxy) is 1. The number of hydrogen-bond acceptors (Lipinski definition) is 2. The zero-order valence-corrected chi connectivity index (χ0v) is 10.2. The summed E-state index contributed by atoms with van der Waals surface area (Å²) in [5, 5.41) is 8.73. The Morgan fingerprint density at radius 2 is 1.71 bits per heavy atom. The Morgan fingerprint density at radius 3 is 2.33 bits per heavy atom. The molecule has 2 nitrogen and oxygen atoms in total. The molecule has 0 saturated carbocycles. The van der Waals surface area contributed by atoms with Gasteiger partial charge in [-0.2, -0.15) is 18.4 Å². The lowest BCUT2D eigenvalue weighted by Crippen LogP contribution is -2.07. The van der Waals surface area contributed by atoms with Crippen LogP contribution in [0.25, 0.3) is 0 Å². The molecule has 0 spiro atoms. The van der Waals surface area contributed by atoms with Crippen LogP contribution in [-0.4, -0.2) is 0 Å². The second-order valence-corrected chi connectivity index (χ2v) is 3.99. The van der Waals surface area contributed by atoms with E-state index in [2.05, 4.69) is 0 Å². The second kappa shape index (κ2) is 5.40. The summed E-state index contributed by atoms with van der Waals surface area (Å²) in [7, 11) is 0. The summed E-state index contributed by atoms with van der Waals surface area (Å²) in [6, 6.07) is 6.21. The van der Waals surface area contributed by atoms with Crippen molar-refractivity contribution in [2.75, 3.05) is 0 Å². The SMILES string of the molecule is N#Cc1cc(Oc2cc(F)ccc2F)ccc1C(F)(F)F. The number of hydrogen-bond donors (Lipinski definition) is 0. The lowest BCUT2D eigenvalue weighted by molar-refractivity contribution is -0.137. The molecule has 0 amide bonds. The van der Waals surface area contributed by atoms with Crippen molar-refractivity contribution in [2.45, 2.75) is 6.18 Å². The minimum absolute atomic E-state index is 0.205. The van der Waals surface area contributed by atoms with Gasteiger partial charge in [0.25, 0.3) is 0 Å². The first-order chi connectivity index (χ1) is 9.81. The molecule has 7 heteroatoms. The normalized spacial score (nSPS) is 11.0. The first-order valence-electron chi connectivity index (χ1n) is 5.55. The number of nitrogens with zero attached hydrogens (tertiary/aromatic N) is 1. The largest absolute Gasteiger partial charge is 0.454 e. The molecule has 0 fully saturated rings. The van der Waals surface area contributed by atoms with Gasteiger partial charge in [-0.05, 0) is 30.3 Å². The number of nitriles is 1. The zero-order valence-electron chi connectivity index (χ0n) is 10.2. The van der Waals surface area contributed by atoms with E-state index in [4.69, 9.17) is 10.00 Å². The van der Waals surface area contributed by atoms with Crippen molar-refractivity contribution in [1.29, 1.82) is 5.26 Å². The highest BCUT2D eigenvalue weighted by Crippen LogP contribution is 2.34. The molecule has 2 aromatic rings. The summed E-state index contributed by atoms with van der Waals surface area (Å²) in [6.07, 6.45) is -4.69. The first kappa shape index (κ1) is 14.8. The molecule has 0 saturated heterocycles. The fourth-order valence-corrected chi connectivity index (χ4v) is 1.61. The van der Waals surface area contributed by atoms with E-state index in [-0.39, 0.29) is 5.75 Å². The smallest absolute Gasteiger partial charge is 0.417 e. The van der Waals surface area contributed by atoms with E-state index in [0.29, 0.717) is 6.07 Å². The molecule has 0 heterocycles. The standard InChI is InChI=1S/C14H6F5NO/c15-9-1-4-12(16)13(6-9)21-10-2-3-11(14(17,18)19)8(5-10)7-20/h1-6H. The van der Waals surface area contributed by atoms with Crippen LogP contribution in [0.2, 0.25) is 0 Å². The molecule has 0 atom stereocenters. The average molecular weight is 299 g/mol. The Morgan fingerprint density at radius 1 is 1.00 bits per heavy atom. The van der Waals surface area contributed by atoms with Gasteiger partial charge in [0, 0.05) is 6.07 Å². The highest BCUT2D eigenvalue weighted by Gasteiger charge is 2.33. The van der Waals surface area contributed by atoms with Gasteiger partial charge in [0.1, 0.15) is 11.6 Å². The Kier molecular flexibility index (Phi) is 3.80. The van der Waals surface area contributed by atoms with Gasteiger partial charge in [-0.3, -0.25) is 0 Å². The van der Waals surface area contributed by atoms with Crippen molar-refractivity contribution >= 4 is 0 Å². The van der Waals surface area contributed by atoms with Crippen molar-refractivity contribution in [2.24, 2.45) is 0 Å². The zero-order chi connectivity index (χ0) is 15.6. The molecule has 0 aliphatic rings. The van der Waals surface area contributed by atoms with Crippen molar-refractivity contribution in [3.63, 3.8) is 0 Å². The maximum atomic E-state index is 13.4. The van der Waals surface area contributed by atoms with Gasteiger partial charge < -0.3 is 4.74 Å². The lowest BCUT2D eigenvalue weighted by atomic mass is 10.1. The highest BCUT2D eigenvalue weighted by molar-refractivity contribution is 5.46. The minimum Gasteiger partial charge on any atom is -0.454 e.